The molecule has 1 N–H and O–H groups in total. The molecular formula is C11H15NO4. The highest BCUT2D eigenvalue weighted by atomic mass is 16.5. The maximum absolute atomic E-state index is 10.8. The van der Waals surface area contributed by atoms with Gasteiger partial charge in [-0.3, -0.25) is 0 Å². The molecule has 0 spiro atoms. The van der Waals surface area contributed by atoms with Crippen molar-refractivity contribution in [3.05, 3.63) is 23.4 Å². The Morgan fingerprint density at radius 3 is 2.69 bits per heavy atom. The highest BCUT2D eigenvalue weighted by molar-refractivity contribution is 5.72. The Hall–Kier alpha value is -1.62. The number of carboxylic acids is 1. The number of methoxy groups -OCH3 is 2. The van der Waals surface area contributed by atoms with E-state index in [0.717, 1.165) is 11.3 Å². The molecule has 16 heavy (non-hydrogen) atoms. The quantitative estimate of drug-likeness (QED) is 0.810. The summed E-state index contributed by atoms with van der Waals surface area (Å²) < 4.78 is 9.88. The first-order valence-electron chi connectivity index (χ1n) is 4.84. The Labute approximate surface area is 94.0 Å². The third kappa shape index (κ3) is 3.20. The van der Waals surface area contributed by atoms with E-state index in [-0.39, 0.29) is 0 Å². The van der Waals surface area contributed by atoms with E-state index in [0.29, 0.717) is 12.3 Å². The molecule has 88 valence electrons. The van der Waals surface area contributed by atoms with E-state index in [1.807, 2.05) is 13.0 Å². The molecule has 0 aliphatic carbocycles. The summed E-state index contributed by atoms with van der Waals surface area (Å²) in [6, 6.07) is 3.53. The molecule has 0 aromatic carbocycles. The summed E-state index contributed by atoms with van der Waals surface area (Å²) in [5, 5.41) is 8.86. The zero-order valence-corrected chi connectivity index (χ0v) is 9.56. The van der Waals surface area contributed by atoms with E-state index in [9.17, 15) is 4.79 Å². The highest BCUT2D eigenvalue weighted by Gasteiger charge is 2.17. The number of rotatable bonds is 5. The van der Waals surface area contributed by atoms with Gasteiger partial charge in [0.15, 0.2) is 6.10 Å². The van der Waals surface area contributed by atoms with Gasteiger partial charge in [-0.05, 0) is 18.6 Å². The fraction of sp³-hybridized carbons (Fsp3) is 0.455. The van der Waals surface area contributed by atoms with Crippen molar-refractivity contribution in [2.45, 2.75) is 19.4 Å². The van der Waals surface area contributed by atoms with E-state index in [1.165, 1.54) is 14.2 Å². The van der Waals surface area contributed by atoms with Crippen LogP contribution in [-0.4, -0.2) is 36.4 Å². The number of hydrogen-bond donors (Lipinski definition) is 1. The van der Waals surface area contributed by atoms with Crippen molar-refractivity contribution < 1.29 is 19.4 Å². The first-order valence-corrected chi connectivity index (χ1v) is 4.84. The van der Waals surface area contributed by atoms with Gasteiger partial charge in [0, 0.05) is 25.3 Å². The molecule has 1 unspecified atom stereocenters. The number of carbonyl (C=O) groups is 1. The first-order chi connectivity index (χ1) is 7.56. The Balaban J connectivity index is 2.87. The Morgan fingerprint density at radius 2 is 2.19 bits per heavy atom. The average molecular weight is 225 g/mol. The molecule has 1 heterocycles. The van der Waals surface area contributed by atoms with E-state index in [4.69, 9.17) is 14.6 Å². The maximum atomic E-state index is 10.8. The fourth-order valence-corrected chi connectivity index (χ4v) is 1.41. The molecule has 5 heteroatoms. The van der Waals surface area contributed by atoms with Gasteiger partial charge in [-0.15, -0.1) is 0 Å². The third-order valence-electron chi connectivity index (χ3n) is 2.18. The van der Waals surface area contributed by atoms with Gasteiger partial charge in [0.05, 0.1) is 7.11 Å². The molecule has 1 atom stereocenters. The number of aryl methyl sites for hydroxylation is 1. The number of ether oxygens (including phenoxy) is 2. The van der Waals surface area contributed by atoms with Crippen LogP contribution < -0.4 is 4.74 Å². The molecule has 0 saturated heterocycles. The smallest absolute Gasteiger partial charge is 0.333 e. The topological polar surface area (TPSA) is 68.7 Å². The van der Waals surface area contributed by atoms with E-state index >= 15 is 0 Å². The predicted octanol–water partition coefficient (Wildman–Crippen LogP) is 1.04. The van der Waals surface area contributed by atoms with Gasteiger partial charge in [-0.1, -0.05) is 0 Å². The van der Waals surface area contributed by atoms with Crippen molar-refractivity contribution in [2.24, 2.45) is 0 Å². The summed E-state index contributed by atoms with van der Waals surface area (Å²) in [7, 11) is 2.90. The summed E-state index contributed by atoms with van der Waals surface area (Å²) in [5.74, 6) is -0.494. The summed E-state index contributed by atoms with van der Waals surface area (Å²) in [6.45, 7) is 1.83. The number of pyridine rings is 1. The zero-order chi connectivity index (χ0) is 12.1. The van der Waals surface area contributed by atoms with E-state index in [1.54, 1.807) is 6.07 Å². The largest absolute Gasteiger partial charge is 0.481 e. The van der Waals surface area contributed by atoms with Crippen LogP contribution in [0, 0.1) is 6.92 Å². The van der Waals surface area contributed by atoms with Crippen LogP contribution in [0.15, 0.2) is 12.1 Å². The second-order valence-corrected chi connectivity index (χ2v) is 3.43. The van der Waals surface area contributed by atoms with Gasteiger partial charge in [0.25, 0.3) is 0 Å². The molecule has 1 aromatic heterocycles. The standard InChI is InChI=1S/C11H15NO4/c1-7-4-8(6-10(12-7)16-3)5-9(15-2)11(13)14/h4,6,9H,5H2,1-3H3,(H,13,14). The second kappa shape index (κ2) is 5.46. The number of nitrogens with zero attached hydrogens (tertiary/aromatic N) is 1. The van der Waals surface area contributed by atoms with Gasteiger partial charge < -0.3 is 14.6 Å². The number of aromatic nitrogens is 1. The van der Waals surface area contributed by atoms with Gasteiger partial charge >= 0.3 is 5.97 Å². The lowest BCUT2D eigenvalue weighted by Crippen LogP contribution is -2.24. The zero-order valence-electron chi connectivity index (χ0n) is 9.56. The van der Waals surface area contributed by atoms with Crippen molar-refractivity contribution >= 4 is 5.97 Å². The summed E-state index contributed by atoms with van der Waals surface area (Å²) >= 11 is 0. The molecule has 0 saturated carbocycles. The van der Waals surface area contributed by atoms with E-state index < -0.39 is 12.1 Å². The lowest BCUT2D eigenvalue weighted by Gasteiger charge is -2.11. The molecular weight excluding hydrogens is 210 g/mol. The molecule has 1 aromatic rings. The van der Waals surface area contributed by atoms with Crippen LogP contribution in [-0.2, 0) is 16.0 Å². The highest BCUT2D eigenvalue weighted by Crippen LogP contribution is 2.14. The van der Waals surface area contributed by atoms with Gasteiger partial charge in [-0.2, -0.15) is 0 Å². The van der Waals surface area contributed by atoms with Crippen LogP contribution in [0.25, 0.3) is 0 Å². The number of carboxylic acid groups (broad SMARTS) is 1. The van der Waals surface area contributed by atoms with Crippen molar-refractivity contribution in [3.8, 4) is 5.88 Å². The molecule has 0 amide bonds. The third-order valence-corrected chi connectivity index (χ3v) is 2.18. The first kappa shape index (κ1) is 12.4. The van der Waals surface area contributed by atoms with Crippen LogP contribution in [0.4, 0.5) is 0 Å². The molecule has 5 nitrogen and oxygen atoms in total. The SMILES string of the molecule is COc1cc(CC(OC)C(=O)O)cc(C)n1. The predicted molar refractivity (Wildman–Crippen MR) is 57.7 cm³/mol. The van der Waals surface area contributed by atoms with Gasteiger partial charge in [0.1, 0.15) is 0 Å². The molecule has 1 rings (SSSR count). The minimum absolute atomic E-state index is 0.297. The normalized spacial score (nSPS) is 12.2. The summed E-state index contributed by atoms with van der Waals surface area (Å²) in [4.78, 5) is 14.9. The van der Waals surface area contributed by atoms with Crippen molar-refractivity contribution in [2.75, 3.05) is 14.2 Å². The van der Waals surface area contributed by atoms with Crippen molar-refractivity contribution in [1.82, 2.24) is 4.98 Å². The Bertz CT molecular complexity index is 378. The van der Waals surface area contributed by atoms with Crippen LogP contribution in [0.1, 0.15) is 11.3 Å². The van der Waals surface area contributed by atoms with Crippen molar-refractivity contribution in [1.29, 1.82) is 0 Å². The number of aliphatic carboxylic acids is 1. The Kier molecular flexibility index (Phi) is 4.25. The van der Waals surface area contributed by atoms with Gasteiger partial charge in [0.2, 0.25) is 5.88 Å². The molecule has 0 bridgehead atoms. The molecule has 0 aliphatic heterocycles. The van der Waals surface area contributed by atoms with Crippen LogP contribution in [0.2, 0.25) is 0 Å². The number of hydrogen-bond acceptors (Lipinski definition) is 4. The maximum Gasteiger partial charge on any atom is 0.333 e. The van der Waals surface area contributed by atoms with Crippen LogP contribution >= 0.6 is 0 Å². The van der Waals surface area contributed by atoms with Crippen LogP contribution in [0.5, 0.6) is 5.88 Å². The van der Waals surface area contributed by atoms with Crippen LogP contribution in [0.3, 0.4) is 0 Å². The summed E-state index contributed by atoms with van der Waals surface area (Å²) in [5.41, 5.74) is 1.62. The lowest BCUT2D eigenvalue weighted by atomic mass is 10.1. The lowest BCUT2D eigenvalue weighted by molar-refractivity contribution is -0.148. The minimum atomic E-state index is -0.976. The average Bonchev–Trinajstić information content (AvgIpc) is 2.24. The minimum Gasteiger partial charge on any atom is -0.481 e. The fourth-order valence-electron chi connectivity index (χ4n) is 1.41. The second-order valence-electron chi connectivity index (χ2n) is 3.43. The molecule has 0 aliphatic rings. The van der Waals surface area contributed by atoms with Crippen molar-refractivity contribution in [3.63, 3.8) is 0 Å². The summed E-state index contributed by atoms with van der Waals surface area (Å²) in [6.07, 6.45) is -0.544. The van der Waals surface area contributed by atoms with E-state index in [2.05, 4.69) is 4.98 Å². The van der Waals surface area contributed by atoms with Gasteiger partial charge in [-0.25, -0.2) is 9.78 Å². The molecule has 0 fully saturated rings. The Morgan fingerprint density at radius 1 is 1.50 bits per heavy atom. The molecule has 0 radical (unpaired) electrons. The monoisotopic (exact) mass is 225 g/mol.